The Balaban J connectivity index is 2.46. The highest BCUT2D eigenvalue weighted by Gasteiger charge is 2.10. The first-order valence-electron chi connectivity index (χ1n) is 4.60. The van der Waals surface area contributed by atoms with Gasteiger partial charge in [-0.25, -0.2) is 0 Å². The van der Waals surface area contributed by atoms with Crippen molar-refractivity contribution in [2.75, 3.05) is 24.8 Å². The number of aromatic nitrogens is 2. The average Bonchev–Trinajstić information content (AvgIpc) is 2.52. The molecular formula is C8H16N4O2. The molecule has 0 saturated heterocycles. The summed E-state index contributed by atoms with van der Waals surface area (Å²) in [7, 11) is 1.66. The molecule has 1 aromatic heterocycles. The normalized spacial score (nSPS) is 12.7. The third-order valence-electron chi connectivity index (χ3n) is 1.77. The first-order valence-corrected chi connectivity index (χ1v) is 4.60. The second kappa shape index (κ2) is 5.43. The van der Waals surface area contributed by atoms with Gasteiger partial charge in [0.25, 0.3) is 0 Å². The Kier molecular flexibility index (Phi) is 4.18. The van der Waals surface area contributed by atoms with Crippen LogP contribution in [0, 0.1) is 0 Å². The van der Waals surface area contributed by atoms with E-state index in [1.54, 1.807) is 7.11 Å². The Labute approximate surface area is 82.8 Å². The average molecular weight is 200 g/mol. The van der Waals surface area contributed by atoms with Crippen LogP contribution in [0.4, 0.5) is 12.0 Å². The predicted octanol–water partition coefficient (Wildman–Crippen LogP) is 0.879. The molecule has 1 unspecified atom stereocenters. The fourth-order valence-corrected chi connectivity index (χ4v) is 1.21. The Hall–Kier alpha value is -1.30. The van der Waals surface area contributed by atoms with Crippen LogP contribution in [0.15, 0.2) is 4.42 Å². The Morgan fingerprint density at radius 3 is 2.86 bits per heavy atom. The van der Waals surface area contributed by atoms with E-state index in [4.69, 9.17) is 14.9 Å². The van der Waals surface area contributed by atoms with E-state index < -0.39 is 0 Å². The smallest absolute Gasteiger partial charge is 0.317 e. The van der Waals surface area contributed by atoms with Gasteiger partial charge in [0.05, 0.1) is 12.6 Å². The molecule has 0 aliphatic heterocycles. The second-order valence-corrected chi connectivity index (χ2v) is 3.03. The van der Waals surface area contributed by atoms with Crippen LogP contribution in [0.1, 0.15) is 19.8 Å². The van der Waals surface area contributed by atoms with E-state index in [9.17, 15) is 0 Å². The highest BCUT2D eigenvalue weighted by atomic mass is 16.5. The van der Waals surface area contributed by atoms with Crippen LogP contribution in [-0.4, -0.2) is 30.0 Å². The molecule has 0 bridgehead atoms. The lowest BCUT2D eigenvalue weighted by Gasteiger charge is -2.14. The van der Waals surface area contributed by atoms with Crippen molar-refractivity contribution in [3.05, 3.63) is 0 Å². The zero-order valence-electron chi connectivity index (χ0n) is 8.49. The molecule has 0 fully saturated rings. The van der Waals surface area contributed by atoms with Gasteiger partial charge in [0.2, 0.25) is 0 Å². The second-order valence-electron chi connectivity index (χ2n) is 3.03. The van der Waals surface area contributed by atoms with Crippen molar-refractivity contribution in [3.8, 4) is 0 Å². The van der Waals surface area contributed by atoms with Crippen LogP contribution in [0.3, 0.4) is 0 Å². The van der Waals surface area contributed by atoms with Gasteiger partial charge in [-0.05, 0) is 6.42 Å². The highest BCUT2D eigenvalue weighted by molar-refractivity contribution is 5.24. The first kappa shape index (κ1) is 10.8. The van der Waals surface area contributed by atoms with Crippen LogP contribution in [-0.2, 0) is 4.74 Å². The van der Waals surface area contributed by atoms with Crippen LogP contribution in [0.5, 0.6) is 0 Å². The van der Waals surface area contributed by atoms with Gasteiger partial charge in [0, 0.05) is 7.11 Å². The molecule has 6 nitrogen and oxygen atoms in total. The number of nitrogens with two attached hydrogens (primary N) is 1. The summed E-state index contributed by atoms with van der Waals surface area (Å²) < 4.78 is 10.0. The quantitative estimate of drug-likeness (QED) is 0.708. The summed E-state index contributed by atoms with van der Waals surface area (Å²) in [5.41, 5.74) is 5.29. The summed E-state index contributed by atoms with van der Waals surface area (Å²) in [6.07, 6.45) is 2.04. The summed E-state index contributed by atoms with van der Waals surface area (Å²) in [6, 6.07) is 0.600. The summed E-state index contributed by atoms with van der Waals surface area (Å²) in [5.74, 6) is 0. The van der Waals surface area contributed by atoms with Gasteiger partial charge >= 0.3 is 12.0 Å². The molecule has 80 valence electrons. The Bertz CT molecular complexity index is 258. The summed E-state index contributed by atoms with van der Waals surface area (Å²) >= 11 is 0. The molecule has 0 aliphatic rings. The maximum atomic E-state index is 5.29. The molecule has 3 N–H and O–H groups in total. The number of methoxy groups -OCH3 is 1. The first-order chi connectivity index (χ1) is 6.76. The number of nitrogens with one attached hydrogen (secondary N) is 1. The van der Waals surface area contributed by atoms with E-state index in [1.807, 2.05) is 0 Å². The molecule has 0 saturated carbocycles. The fraction of sp³-hybridized carbons (Fsp3) is 0.750. The minimum atomic E-state index is 0.0696. The van der Waals surface area contributed by atoms with Crippen molar-refractivity contribution in [2.45, 2.75) is 25.8 Å². The molecule has 6 heteroatoms. The van der Waals surface area contributed by atoms with Gasteiger partial charge < -0.3 is 20.2 Å². The van der Waals surface area contributed by atoms with E-state index in [0.29, 0.717) is 12.6 Å². The van der Waals surface area contributed by atoms with Crippen molar-refractivity contribution >= 4 is 12.0 Å². The van der Waals surface area contributed by atoms with Gasteiger partial charge in [-0.1, -0.05) is 23.5 Å². The van der Waals surface area contributed by atoms with Crippen LogP contribution in [0.25, 0.3) is 0 Å². The lowest BCUT2D eigenvalue weighted by atomic mass is 10.2. The number of hydrogen-bond acceptors (Lipinski definition) is 6. The van der Waals surface area contributed by atoms with E-state index in [0.717, 1.165) is 12.8 Å². The van der Waals surface area contributed by atoms with Crippen molar-refractivity contribution in [2.24, 2.45) is 0 Å². The van der Waals surface area contributed by atoms with Crippen LogP contribution >= 0.6 is 0 Å². The predicted molar refractivity (Wildman–Crippen MR) is 52.9 cm³/mol. The van der Waals surface area contributed by atoms with Crippen molar-refractivity contribution < 1.29 is 9.15 Å². The van der Waals surface area contributed by atoms with Gasteiger partial charge in [-0.3, -0.25) is 0 Å². The van der Waals surface area contributed by atoms with E-state index in [2.05, 4.69) is 22.4 Å². The molecule has 0 aromatic carbocycles. The lowest BCUT2D eigenvalue weighted by Crippen LogP contribution is -2.24. The molecule has 0 amide bonds. The lowest BCUT2D eigenvalue weighted by molar-refractivity contribution is 0.181. The SMILES string of the molecule is CCCC(COC)Nc1nnc(N)o1. The minimum absolute atomic E-state index is 0.0696. The zero-order chi connectivity index (χ0) is 10.4. The maximum Gasteiger partial charge on any atom is 0.317 e. The molecule has 1 heterocycles. The number of nitrogens with zero attached hydrogens (tertiary/aromatic N) is 2. The molecule has 14 heavy (non-hydrogen) atoms. The standard InChI is InChI=1S/C8H16N4O2/c1-3-4-6(5-13-2)10-8-12-11-7(9)14-8/h6H,3-5H2,1-2H3,(H2,9,11)(H,10,12). The number of ether oxygens (including phenoxy) is 1. The van der Waals surface area contributed by atoms with Gasteiger partial charge in [-0.2, -0.15) is 0 Å². The molecule has 0 spiro atoms. The molecule has 1 aromatic rings. The molecule has 1 rings (SSSR count). The van der Waals surface area contributed by atoms with Crippen LogP contribution < -0.4 is 11.1 Å². The van der Waals surface area contributed by atoms with Gasteiger partial charge in [0.15, 0.2) is 0 Å². The zero-order valence-corrected chi connectivity index (χ0v) is 8.49. The van der Waals surface area contributed by atoms with E-state index in [1.165, 1.54) is 0 Å². The summed E-state index contributed by atoms with van der Waals surface area (Å²) in [5, 5.41) is 10.3. The summed E-state index contributed by atoms with van der Waals surface area (Å²) in [6.45, 7) is 2.71. The third-order valence-corrected chi connectivity index (χ3v) is 1.77. The molecular weight excluding hydrogens is 184 g/mol. The van der Waals surface area contributed by atoms with E-state index in [-0.39, 0.29) is 12.1 Å². The molecule has 0 radical (unpaired) electrons. The van der Waals surface area contributed by atoms with Crippen LogP contribution in [0.2, 0.25) is 0 Å². The maximum absolute atomic E-state index is 5.29. The largest absolute Gasteiger partial charge is 0.390 e. The van der Waals surface area contributed by atoms with Crippen molar-refractivity contribution in [3.63, 3.8) is 0 Å². The van der Waals surface area contributed by atoms with Crippen molar-refractivity contribution in [1.82, 2.24) is 10.2 Å². The Morgan fingerprint density at radius 1 is 1.57 bits per heavy atom. The van der Waals surface area contributed by atoms with E-state index >= 15 is 0 Å². The fourth-order valence-electron chi connectivity index (χ4n) is 1.21. The number of anilines is 2. The number of nitrogen functional groups attached to an aromatic ring is 1. The minimum Gasteiger partial charge on any atom is -0.390 e. The monoisotopic (exact) mass is 200 g/mol. The van der Waals surface area contributed by atoms with Crippen molar-refractivity contribution in [1.29, 1.82) is 0 Å². The third kappa shape index (κ3) is 3.21. The highest BCUT2D eigenvalue weighted by Crippen LogP contribution is 2.10. The van der Waals surface area contributed by atoms with Gasteiger partial charge in [0.1, 0.15) is 0 Å². The summed E-state index contributed by atoms with van der Waals surface area (Å²) in [4.78, 5) is 0. The van der Waals surface area contributed by atoms with Gasteiger partial charge in [-0.15, -0.1) is 0 Å². The molecule has 1 atom stereocenters. The molecule has 0 aliphatic carbocycles. The topological polar surface area (TPSA) is 86.2 Å². The number of rotatable bonds is 6. The Morgan fingerprint density at radius 2 is 2.36 bits per heavy atom. The number of hydrogen-bond donors (Lipinski definition) is 2.